The topological polar surface area (TPSA) is 129 Å². The lowest BCUT2D eigenvalue weighted by atomic mass is 10.1. The van der Waals surface area contributed by atoms with Crippen LogP contribution in [0.15, 0.2) is 60.8 Å². The molecule has 1 heterocycles. The van der Waals surface area contributed by atoms with Gasteiger partial charge in [-0.15, -0.1) is 5.10 Å². The van der Waals surface area contributed by atoms with Crippen LogP contribution in [0.4, 0.5) is 5.69 Å². The highest BCUT2D eigenvalue weighted by molar-refractivity contribution is 7.98. The molecule has 0 saturated heterocycles. The Hall–Kier alpha value is -3.73. The fourth-order valence-electron chi connectivity index (χ4n) is 2.80. The van der Waals surface area contributed by atoms with Gasteiger partial charge in [0.15, 0.2) is 0 Å². The van der Waals surface area contributed by atoms with Crippen LogP contribution in [0.25, 0.3) is 5.69 Å². The normalized spacial score (nSPS) is 11.5. The van der Waals surface area contributed by atoms with Gasteiger partial charge in [-0.1, -0.05) is 29.5 Å². The van der Waals surface area contributed by atoms with Crippen molar-refractivity contribution in [1.82, 2.24) is 20.3 Å². The second-order valence-corrected chi connectivity index (χ2v) is 7.70. The highest BCUT2D eigenvalue weighted by Crippen LogP contribution is 2.14. The van der Waals surface area contributed by atoms with Crippen molar-refractivity contribution in [1.29, 1.82) is 0 Å². The maximum absolute atomic E-state index is 12.6. The molecule has 0 spiro atoms. The smallest absolute Gasteiger partial charge is 0.329 e. The molecule has 0 bridgehead atoms. The number of nitrogens with one attached hydrogen (secondary N) is 1. The van der Waals surface area contributed by atoms with Gasteiger partial charge in [0.2, 0.25) is 0 Å². The molecule has 0 unspecified atom stereocenters. The van der Waals surface area contributed by atoms with E-state index in [-0.39, 0.29) is 17.9 Å². The summed E-state index contributed by atoms with van der Waals surface area (Å²) in [5.41, 5.74) is 1.16. The number of thioether (sulfide) groups is 1. The Morgan fingerprint density at radius 3 is 2.72 bits per heavy atom. The average molecular weight is 455 g/mol. The first-order chi connectivity index (χ1) is 15.5. The number of non-ortho nitro benzene ring substituents is 1. The van der Waals surface area contributed by atoms with Gasteiger partial charge >= 0.3 is 5.97 Å². The molecule has 0 aliphatic heterocycles. The largest absolute Gasteiger partial charge is 0.458 e. The monoisotopic (exact) mass is 455 g/mol. The predicted octanol–water partition coefficient (Wildman–Crippen LogP) is 2.77. The van der Waals surface area contributed by atoms with E-state index >= 15 is 0 Å². The maximum Gasteiger partial charge on any atom is 0.329 e. The van der Waals surface area contributed by atoms with Crippen molar-refractivity contribution >= 4 is 29.3 Å². The average Bonchev–Trinajstić information content (AvgIpc) is 3.30. The SMILES string of the molecule is CSCC[C@H](NC(=O)c1cccc([N+](=O)[O-])c1)C(=O)OCc1cn(-c2ccccc2)nn1. The van der Waals surface area contributed by atoms with Crippen molar-refractivity contribution in [3.8, 4) is 5.69 Å². The standard InChI is InChI=1S/C21H21N5O5S/c1-32-11-10-19(22-20(27)15-6-5-9-18(12-15)26(29)30)21(28)31-14-16-13-25(24-23-16)17-7-3-2-4-8-17/h2-9,12-13,19H,10-11,14H2,1H3,(H,22,27)/t19-/m0/s1. The van der Waals surface area contributed by atoms with Crippen LogP contribution in [-0.2, 0) is 16.1 Å². The number of amides is 1. The number of carbonyl (C=O) groups is 2. The number of aromatic nitrogens is 3. The molecule has 3 aromatic rings. The van der Waals surface area contributed by atoms with Gasteiger partial charge in [0.25, 0.3) is 11.6 Å². The number of para-hydroxylation sites is 1. The summed E-state index contributed by atoms with van der Waals surface area (Å²) in [4.78, 5) is 35.5. The highest BCUT2D eigenvalue weighted by atomic mass is 32.2. The van der Waals surface area contributed by atoms with Crippen LogP contribution in [-0.4, -0.2) is 49.8 Å². The van der Waals surface area contributed by atoms with E-state index in [9.17, 15) is 19.7 Å². The fraction of sp³-hybridized carbons (Fsp3) is 0.238. The van der Waals surface area contributed by atoms with Gasteiger partial charge in [0.05, 0.1) is 16.8 Å². The van der Waals surface area contributed by atoms with Gasteiger partial charge in [-0.25, -0.2) is 9.48 Å². The van der Waals surface area contributed by atoms with Crippen LogP contribution in [0.3, 0.4) is 0 Å². The van der Waals surface area contributed by atoms with E-state index in [2.05, 4.69) is 15.6 Å². The lowest BCUT2D eigenvalue weighted by molar-refractivity contribution is -0.384. The van der Waals surface area contributed by atoms with Gasteiger partial charge in [-0.05, 0) is 36.6 Å². The Bertz CT molecular complexity index is 1090. The summed E-state index contributed by atoms with van der Waals surface area (Å²) in [5, 5.41) is 21.6. The molecule has 11 heteroatoms. The lowest BCUT2D eigenvalue weighted by Gasteiger charge is -2.17. The first-order valence-electron chi connectivity index (χ1n) is 9.65. The zero-order valence-electron chi connectivity index (χ0n) is 17.2. The van der Waals surface area contributed by atoms with Crippen LogP contribution in [0.5, 0.6) is 0 Å². The van der Waals surface area contributed by atoms with E-state index in [1.54, 1.807) is 10.9 Å². The molecular weight excluding hydrogens is 434 g/mol. The highest BCUT2D eigenvalue weighted by Gasteiger charge is 2.24. The molecule has 0 radical (unpaired) electrons. The maximum atomic E-state index is 12.6. The second-order valence-electron chi connectivity index (χ2n) is 6.71. The van der Waals surface area contributed by atoms with Crippen molar-refractivity contribution in [2.75, 3.05) is 12.0 Å². The first kappa shape index (κ1) is 22.9. The number of nitrogens with zero attached hydrogens (tertiary/aromatic N) is 4. The molecule has 3 rings (SSSR count). The summed E-state index contributed by atoms with van der Waals surface area (Å²) >= 11 is 1.52. The summed E-state index contributed by atoms with van der Waals surface area (Å²) < 4.78 is 6.92. The molecule has 0 fully saturated rings. The minimum atomic E-state index is -0.904. The quantitative estimate of drug-likeness (QED) is 0.281. The van der Waals surface area contributed by atoms with E-state index in [0.717, 1.165) is 11.8 Å². The summed E-state index contributed by atoms with van der Waals surface area (Å²) in [6, 6.07) is 13.8. The molecule has 32 heavy (non-hydrogen) atoms. The van der Waals surface area contributed by atoms with E-state index in [0.29, 0.717) is 17.9 Å². The summed E-state index contributed by atoms with van der Waals surface area (Å²) in [6.07, 6.45) is 3.88. The number of benzene rings is 2. The van der Waals surface area contributed by atoms with Crippen molar-refractivity contribution in [3.05, 3.63) is 82.2 Å². The van der Waals surface area contributed by atoms with Gasteiger partial charge in [-0.3, -0.25) is 14.9 Å². The van der Waals surface area contributed by atoms with Crippen LogP contribution in [0, 0.1) is 10.1 Å². The molecule has 1 aromatic heterocycles. The van der Waals surface area contributed by atoms with Crippen molar-refractivity contribution in [3.63, 3.8) is 0 Å². The second kappa shape index (κ2) is 11.0. The number of esters is 1. The molecule has 0 saturated carbocycles. The Kier molecular flexibility index (Phi) is 7.92. The van der Waals surface area contributed by atoms with E-state index in [1.165, 1.54) is 30.0 Å². The van der Waals surface area contributed by atoms with E-state index < -0.39 is 22.8 Å². The van der Waals surface area contributed by atoms with Crippen molar-refractivity contribution < 1.29 is 19.2 Å². The molecule has 1 atom stereocenters. The minimum Gasteiger partial charge on any atom is -0.458 e. The molecule has 0 aliphatic rings. The molecular formula is C21H21N5O5S. The lowest BCUT2D eigenvalue weighted by Crippen LogP contribution is -2.42. The molecule has 1 N–H and O–H groups in total. The number of nitro groups is 1. The van der Waals surface area contributed by atoms with Crippen LogP contribution < -0.4 is 5.32 Å². The van der Waals surface area contributed by atoms with E-state index in [1.807, 2.05) is 36.6 Å². The zero-order chi connectivity index (χ0) is 22.9. The Morgan fingerprint density at radius 2 is 2.00 bits per heavy atom. The summed E-state index contributed by atoms with van der Waals surface area (Å²) in [7, 11) is 0. The Morgan fingerprint density at radius 1 is 1.22 bits per heavy atom. The third-order valence-corrected chi connectivity index (χ3v) is 5.09. The van der Waals surface area contributed by atoms with Crippen LogP contribution >= 0.6 is 11.8 Å². The van der Waals surface area contributed by atoms with Gasteiger partial charge in [0.1, 0.15) is 18.3 Å². The third kappa shape index (κ3) is 6.14. The number of carbonyl (C=O) groups excluding carboxylic acids is 2. The Balaban J connectivity index is 1.63. The third-order valence-electron chi connectivity index (χ3n) is 4.44. The van der Waals surface area contributed by atoms with Crippen molar-refractivity contribution in [2.45, 2.75) is 19.1 Å². The molecule has 0 aliphatic carbocycles. The van der Waals surface area contributed by atoms with E-state index in [4.69, 9.17) is 4.74 Å². The predicted molar refractivity (Wildman–Crippen MR) is 119 cm³/mol. The number of nitro benzene ring substituents is 1. The molecule has 166 valence electrons. The van der Waals surface area contributed by atoms with Crippen LogP contribution in [0.2, 0.25) is 0 Å². The number of hydrogen-bond donors (Lipinski definition) is 1. The molecule has 2 aromatic carbocycles. The Labute approximate surface area is 188 Å². The first-order valence-corrected chi connectivity index (χ1v) is 11.0. The van der Waals surface area contributed by atoms with Crippen LogP contribution in [0.1, 0.15) is 22.5 Å². The van der Waals surface area contributed by atoms with Gasteiger partial charge < -0.3 is 10.1 Å². The van der Waals surface area contributed by atoms with Gasteiger partial charge in [-0.2, -0.15) is 11.8 Å². The molecule has 10 nitrogen and oxygen atoms in total. The zero-order valence-corrected chi connectivity index (χ0v) is 18.0. The summed E-state index contributed by atoms with van der Waals surface area (Å²) in [5.74, 6) is -0.599. The molecule has 1 amide bonds. The van der Waals surface area contributed by atoms with Crippen molar-refractivity contribution in [2.24, 2.45) is 0 Å². The number of rotatable bonds is 10. The summed E-state index contributed by atoms with van der Waals surface area (Å²) in [6.45, 7) is -0.103. The van der Waals surface area contributed by atoms with Gasteiger partial charge in [0, 0.05) is 17.7 Å². The fourth-order valence-corrected chi connectivity index (χ4v) is 3.28. The number of ether oxygens (including phenoxy) is 1. The number of hydrogen-bond acceptors (Lipinski definition) is 8. The minimum absolute atomic E-state index is 0.0898.